The van der Waals surface area contributed by atoms with Crippen molar-refractivity contribution in [2.45, 2.75) is 49.0 Å². The number of fused-ring (bicyclic) bond motifs is 1. The fraction of sp³-hybridized carbons (Fsp3) is 0.571. The van der Waals surface area contributed by atoms with Crippen molar-refractivity contribution in [3.63, 3.8) is 0 Å². The maximum absolute atomic E-state index is 11.8. The van der Waals surface area contributed by atoms with Crippen molar-refractivity contribution < 1.29 is 9.59 Å². The molecule has 0 bridgehead atoms. The first kappa shape index (κ1) is 18.6. The van der Waals surface area contributed by atoms with Crippen LogP contribution in [0.4, 0.5) is 5.00 Å². The fourth-order valence-corrected chi connectivity index (χ4v) is 4.21. The Morgan fingerprint density at radius 1 is 1.35 bits per heavy atom. The number of alkyl halides is 3. The Morgan fingerprint density at radius 2 is 2.04 bits per heavy atom. The SMILES string of the molecule is CCCC(=O)NC(Nc1sc2c(c1C(N)=O)CCC2)C(Cl)(Cl)Cl. The molecule has 1 aromatic rings. The Hall–Kier alpha value is -0.690. The summed E-state index contributed by atoms with van der Waals surface area (Å²) in [5, 5.41) is 6.16. The van der Waals surface area contributed by atoms with E-state index >= 15 is 0 Å². The van der Waals surface area contributed by atoms with Gasteiger partial charge in [-0.15, -0.1) is 11.3 Å². The van der Waals surface area contributed by atoms with Gasteiger partial charge in [0.2, 0.25) is 9.70 Å². The lowest BCUT2D eigenvalue weighted by atomic mass is 10.1. The van der Waals surface area contributed by atoms with Crippen molar-refractivity contribution in [2.24, 2.45) is 5.73 Å². The molecule has 128 valence electrons. The standard InChI is InChI=1S/C14H18Cl3N3O2S/c1-2-4-9(21)19-13(14(15,16)17)20-12-10(11(18)22)7-5-3-6-8(7)23-12/h13,20H,2-6H2,1H3,(H2,18,22)(H,19,21). The Labute approximate surface area is 153 Å². The first-order valence-electron chi connectivity index (χ1n) is 7.31. The predicted molar refractivity (Wildman–Crippen MR) is 95.6 cm³/mol. The van der Waals surface area contributed by atoms with E-state index in [1.54, 1.807) is 0 Å². The summed E-state index contributed by atoms with van der Waals surface area (Å²) in [6.07, 6.45) is 2.77. The number of nitrogens with two attached hydrogens (primary N) is 1. The van der Waals surface area contributed by atoms with Gasteiger partial charge in [-0.25, -0.2) is 0 Å². The topological polar surface area (TPSA) is 84.2 Å². The van der Waals surface area contributed by atoms with E-state index in [0.717, 1.165) is 29.7 Å². The molecule has 0 aliphatic heterocycles. The largest absolute Gasteiger partial charge is 0.365 e. The average molecular weight is 399 g/mol. The van der Waals surface area contributed by atoms with Crippen molar-refractivity contribution in [2.75, 3.05) is 5.32 Å². The second kappa shape index (κ2) is 7.47. The molecule has 1 aliphatic rings. The molecule has 1 heterocycles. The molecule has 2 amide bonds. The minimum atomic E-state index is -1.77. The van der Waals surface area contributed by atoms with Crippen LogP contribution in [0.1, 0.15) is 47.0 Å². The van der Waals surface area contributed by atoms with E-state index in [2.05, 4.69) is 10.6 Å². The van der Waals surface area contributed by atoms with Crippen molar-refractivity contribution >= 4 is 63.0 Å². The quantitative estimate of drug-likeness (QED) is 0.507. The number of carbonyl (C=O) groups excluding carboxylic acids is 2. The van der Waals surface area contributed by atoms with Gasteiger partial charge in [0.05, 0.1) is 5.56 Å². The van der Waals surface area contributed by atoms with Crippen LogP contribution in [0.2, 0.25) is 0 Å². The number of amides is 2. The predicted octanol–water partition coefficient (Wildman–Crippen LogP) is 3.36. The van der Waals surface area contributed by atoms with Gasteiger partial charge >= 0.3 is 0 Å². The molecule has 4 N–H and O–H groups in total. The van der Waals surface area contributed by atoms with Crippen LogP contribution in [0, 0.1) is 0 Å². The van der Waals surface area contributed by atoms with Crippen molar-refractivity contribution in [1.82, 2.24) is 5.32 Å². The lowest BCUT2D eigenvalue weighted by Crippen LogP contribution is -2.49. The van der Waals surface area contributed by atoms with Gasteiger partial charge in [0, 0.05) is 11.3 Å². The number of carbonyl (C=O) groups is 2. The van der Waals surface area contributed by atoms with Gasteiger partial charge in [-0.2, -0.15) is 0 Å². The van der Waals surface area contributed by atoms with Crippen LogP contribution < -0.4 is 16.4 Å². The maximum atomic E-state index is 11.8. The normalized spacial score (nSPS) is 15.1. The van der Waals surface area contributed by atoms with Gasteiger partial charge in [-0.1, -0.05) is 41.7 Å². The monoisotopic (exact) mass is 397 g/mol. The number of thiophene rings is 1. The summed E-state index contributed by atoms with van der Waals surface area (Å²) in [6, 6.07) is 0. The third-order valence-corrected chi connectivity index (χ3v) is 5.43. The van der Waals surface area contributed by atoms with E-state index in [4.69, 9.17) is 40.5 Å². The van der Waals surface area contributed by atoms with Crippen LogP contribution in [0.3, 0.4) is 0 Å². The number of nitrogens with one attached hydrogen (secondary N) is 2. The van der Waals surface area contributed by atoms with Gasteiger partial charge in [0.1, 0.15) is 11.2 Å². The highest BCUT2D eigenvalue weighted by Gasteiger charge is 2.36. The molecule has 0 saturated carbocycles. The van der Waals surface area contributed by atoms with Crippen molar-refractivity contribution in [1.29, 1.82) is 0 Å². The lowest BCUT2D eigenvalue weighted by Gasteiger charge is -2.27. The molecule has 9 heteroatoms. The number of hydrogen-bond acceptors (Lipinski definition) is 4. The molecule has 23 heavy (non-hydrogen) atoms. The summed E-state index contributed by atoms with van der Waals surface area (Å²) >= 11 is 19.3. The number of primary amides is 1. The van der Waals surface area contributed by atoms with Crippen LogP contribution >= 0.6 is 46.1 Å². The van der Waals surface area contributed by atoms with Gasteiger partial charge in [0.25, 0.3) is 5.91 Å². The first-order chi connectivity index (χ1) is 10.7. The summed E-state index contributed by atoms with van der Waals surface area (Å²) < 4.78 is -1.77. The molecule has 1 aliphatic carbocycles. The molecule has 0 saturated heterocycles. The zero-order valence-electron chi connectivity index (χ0n) is 12.5. The second-order valence-electron chi connectivity index (χ2n) is 5.36. The van der Waals surface area contributed by atoms with Crippen molar-refractivity contribution in [3.8, 4) is 0 Å². The number of rotatable bonds is 6. The number of hydrogen-bond donors (Lipinski definition) is 3. The van der Waals surface area contributed by atoms with Crippen molar-refractivity contribution in [3.05, 3.63) is 16.0 Å². The Kier molecular flexibility index (Phi) is 6.05. The first-order valence-corrected chi connectivity index (χ1v) is 9.26. The molecule has 1 aromatic heterocycles. The smallest absolute Gasteiger partial charge is 0.251 e. The molecule has 0 aromatic carbocycles. The third kappa shape index (κ3) is 4.44. The highest BCUT2D eigenvalue weighted by molar-refractivity contribution is 7.16. The molecular formula is C14H18Cl3N3O2S. The van der Waals surface area contributed by atoms with Gasteiger partial charge in [-0.3, -0.25) is 9.59 Å². The number of aryl methyl sites for hydroxylation is 1. The van der Waals surface area contributed by atoms with Crippen LogP contribution in [-0.4, -0.2) is 21.8 Å². The van der Waals surface area contributed by atoms with Gasteiger partial charge < -0.3 is 16.4 Å². The van der Waals surface area contributed by atoms with E-state index in [1.807, 2.05) is 6.92 Å². The lowest BCUT2D eigenvalue weighted by molar-refractivity contribution is -0.121. The molecule has 1 atom stereocenters. The molecule has 5 nitrogen and oxygen atoms in total. The summed E-state index contributed by atoms with van der Waals surface area (Å²) in [7, 11) is 0. The summed E-state index contributed by atoms with van der Waals surface area (Å²) in [5.74, 6) is -0.754. The minimum absolute atomic E-state index is 0.235. The van der Waals surface area contributed by atoms with Gasteiger partial charge in [-0.05, 0) is 31.2 Å². The zero-order chi connectivity index (χ0) is 17.2. The molecule has 1 unspecified atom stereocenters. The Morgan fingerprint density at radius 3 is 2.61 bits per heavy atom. The fourth-order valence-electron chi connectivity index (χ4n) is 2.56. The highest BCUT2D eigenvalue weighted by Crippen LogP contribution is 2.40. The Bertz CT molecular complexity index is 613. The van der Waals surface area contributed by atoms with Crippen LogP contribution in [-0.2, 0) is 17.6 Å². The average Bonchev–Trinajstić information content (AvgIpc) is 2.96. The van der Waals surface area contributed by atoms with E-state index in [9.17, 15) is 9.59 Å². The summed E-state index contributed by atoms with van der Waals surface area (Å²) in [6.45, 7) is 1.88. The number of anilines is 1. The molecule has 0 radical (unpaired) electrons. The number of halogens is 3. The Balaban J connectivity index is 2.26. The van der Waals surface area contributed by atoms with Crippen LogP contribution in [0.15, 0.2) is 0 Å². The molecule has 0 fully saturated rings. The summed E-state index contributed by atoms with van der Waals surface area (Å²) in [5.41, 5.74) is 6.91. The van der Waals surface area contributed by atoms with Crippen LogP contribution in [0.25, 0.3) is 0 Å². The zero-order valence-corrected chi connectivity index (χ0v) is 15.6. The summed E-state index contributed by atoms with van der Waals surface area (Å²) in [4.78, 5) is 24.7. The molecule has 0 spiro atoms. The van der Waals surface area contributed by atoms with Crippen LogP contribution in [0.5, 0.6) is 0 Å². The minimum Gasteiger partial charge on any atom is -0.365 e. The van der Waals surface area contributed by atoms with E-state index in [0.29, 0.717) is 23.4 Å². The second-order valence-corrected chi connectivity index (χ2v) is 8.84. The third-order valence-electron chi connectivity index (χ3n) is 3.55. The van der Waals surface area contributed by atoms with E-state index in [1.165, 1.54) is 11.3 Å². The molecular weight excluding hydrogens is 381 g/mol. The molecule has 2 rings (SSSR count). The highest BCUT2D eigenvalue weighted by atomic mass is 35.6. The maximum Gasteiger partial charge on any atom is 0.251 e. The van der Waals surface area contributed by atoms with Gasteiger partial charge in [0.15, 0.2) is 0 Å². The van der Waals surface area contributed by atoms with E-state index < -0.39 is 15.9 Å². The van der Waals surface area contributed by atoms with E-state index in [-0.39, 0.29) is 5.91 Å².